The van der Waals surface area contributed by atoms with E-state index in [0.717, 1.165) is 24.2 Å². The van der Waals surface area contributed by atoms with Crippen molar-refractivity contribution >= 4 is 11.9 Å². The van der Waals surface area contributed by atoms with Crippen molar-refractivity contribution in [1.82, 2.24) is 9.88 Å². The molecule has 1 aromatic rings. The Hall–Kier alpha value is -1.82. The first-order valence-electron chi connectivity index (χ1n) is 6.52. The average Bonchev–Trinajstić information content (AvgIpc) is 2.63. The van der Waals surface area contributed by atoms with Crippen molar-refractivity contribution in [3.8, 4) is 0 Å². The third kappa shape index (κ3) is 2.12. The average molecular weight is 263 g/mol. The monoisotopic (exact) mass is 263 g/mol. The molecule has 2 aliphatic rings. The van der Waals surface area contributed by atoms with Crippen molar-refractivity contribution in [3.63, 3.8) is 0 Å². The third-order valence-corrected chi connectivity index (χ3v) is 3.95. The normalized spacial score (nSPS) is 26.4. The highest BCUT2D eigenvalue weighted by Gasteiger charge is 2.40. The molecule has 1 aromatic heterocycles. The van der Waals surface area contributed by atoms with E-state index >= 15 is 0 Å². The Morgan fingerprint density at radius 2 is 2.37 bits per heavy atom. The summed E-state index contributed by atoms with van der Waals surface area (Å²) in [6.45, 7) is 1.50. The van der Waals surface area contributed by atoms with Crippen molar-refractivity contribution in [1.29, 1.82) is 0 Å². The first-order valence-corrected chi connectivity index (χ1v) is 6.52. The van der Waals surface area contributed by atoms with Crippen LogP contribution in [0.4, 0.5) is 10.6 Å². The number of hydrogen-bond donors (Lipinski definition) is 2. The fourth-order valence-corrected chi connectivity index (χ4v) is 2.95. The number of fused-ring (bicyclic) bond motifs is 2. The van der Waals surface area contributed by atoms with Crippen LogP contribution in [0.15, 0.2) is 18.3 Å². The third-order valence-electron chi connectivity index (χ3n) is 3.95. The number of carboxylic acid groups (broad SMARTS) is 1. The van der Waals surface area contributed by atoms with Gasteiger partial charge in [-0.15, -0.1) is 0 Å². The predicted octanol–water partition coefficient (Wildman–Crippen LogP) is 1.84. The van der Waals surface area contributed by atoms with Crippen molar-refractivity contribution in [2.45, 2.75) is 24.9 Å². The van der Waals surface area contributed by atoms with Crippen molar-refractivity contribution in [3.05, 3.63) is 23.9 Å². The minimum atomic E-state index is -0.850. The summed E-state index contributed by atoms with van der Waals surface area (Å²) in [4.78, 5) is 16.9. The van der Waals surface area contributed by atoms with Crippen LogP contribution in [-0.2, 0) is 10.3 Å². The Balaban J connectivity index is 1.90. The van der Waals surface area contributed by atoms with Gasteiger partial charge >= 0.3 is 6.09 Å². The molecule has 0 aliphatic carbocycles. The molecule has 19 heavy (non-hydrogen) atoms. The fraction of sp³-hybridized carbons (Fsp3) is 0.538. The van der Waals surface area contributed by atoms with Gasteiger partial charge in [-0.05, 0) is 25.3 Å². The Bertz CT molecular complexity index is 494. The van der Waals surface area contributed by atoms with Crippen LogP contribution in [0.5, 0.6) is 0 Å². The maximum atomic E-state index is 11.1. The molecule has 0 saturated carbocycles. The zero-order chi connectivity index (χ0) is 13.3. The number of nitrogens with zero attached hydrogens (tertiary/aromatic N) is 2. The highest BCUT2D eigenvalue weighted by molar-refractivity contribution is 5.65. The molecule has 102 valence electrons. The standard InChI is InChI=1S/C13H17N3O3/c17-12(18)16-7-2-4-13(5-8-16)10-3-1-6-14-11(10)15-9-19-13/h1,3,6H,2,4-5,7-9H2,(H,14,15)(H,17,18). The van der Waals surface area contributed by atoms with E-state index in [4.69, 9.17) is 9.84 Å². The molecular weight excluding hydrogens is 246 g/mol. The summed E-state index contributed by atoms with van der Waals surface area (Å²) < 4.78 is 5.97. The highest BCUT2D eigenvalue weighted by atomic mass is 16.5. The van der Waals surface area contributed by atoms with E-state index in [1.54, 1.807) is 6.20 Å². The van der Waals surface area contributed by atoms with Gasteiger partial charge in [0.15, 0.2) is 0 Å². The Morgan fingerprint density at radius 3 is 3.21 bits per heavy atom. The molecule has 0 bridgehead atoms. The topological polar surface area (TPSA) is 74.7 Å². The summed E-state index contributed by atoms with van der Waals surface area (Å²) >= 11 is 0. The Labute approximate surface area is 111 Å². The second kappa shape index (κ2) is 4.70. The summed E-state index contributed by atoms with van der Waals surface area (Å²) in [5.74, 6) is 0.859. The lowest BCUT2D eigenvalue weighted by atomic mass is 9.86. The maximum absolute atomic E-state index is 11.1. The number of carbonyl (C=O) groups is 1. The van der Waals surface area contributed by atoms with Gasteiger partial charge in [0.2, 0.25) is 0 Å². The number of ether oxygens (including phenoxy) is 1. The molecule has 0 radical (unpaired) electrons. The quantitative estimate of drug-likeness (QED) is 0.747. The second-order valence-electron chi connectivity index (χ2n) is 4.98. The second-order valence-corrected chi connectivity index (χ2v) is 4.98. The summed E-state index contributed by atoms with van der Waals surface area (Å²) in [7, 11) is 0. The van der Waals surface area contributed by atoms with Crippen molar-refractivity contribution < 1.29 is 14.6 Å². The van der Waals surface area contributed by atoms with Gasteiger partial charge in [0.05, 0.1) is 0 Å². The molecule has 1 spiro atoms. The number of aromatic nitrogens is 1. The molecule has 1 saturated heterocycles. The molecule has 1 atom stereocenters. The number of hydrogen-bond acceptors (Lipinski definition) is 4. The molecule has 2 aliphatic heterocycles. The summed E-state index contributed by atoms with van der Waals surface area (Å²) in [6.07, 6.45) is 3.22. The number of anilines is 1. The minimum absolute atomic E-state index is 0.390. The fourth-order valence-electron chi connectivity index (χ4n) is 2.95. The molecule has 6 nitrogen and oxygen atoms in total. The lowest BCUT2D eigenvalue weighted by molar-refractivity contribution is -0.0589. The number of pyridine rings is 1. The van der Waals surface area contributed by atoms with Crippen LogP contribution in [0.2, 0.25) is 0 Å². The first-order chi connectivity index (χ1) is 9.21. The van der Waals surface area contributed by atoms with E-state index in [-0.39, 0.29) is 5.60 Å². The molecule has 6 heteroatoms. The van der Waals surface area contributed by atoms with E-state index in [1.165, 1.54) is 4.90 Å². The van der Waals surface area contributed by atoms with Crippen LogP contribution >= 0.6 is 0 Å². The Morgan fingerprint density at radius 1 is 1.47 bits per heavy atom. The lowest BCUT2D eigenvalue weighted by Gasteiger charge is -2.38. The van der Waals surface area contributed by atoms with Gasteiger partial charge in [-0.1, -0.05) is 6.07 Å². The lowest BCUT2D eigenvalue weighted by Crippen LogP contribution is -2.38. The Kier molecular flexibility index (Phi) is 3.02. The summed E-state index contributed by atoms with van der Waals surface area (Å²) in [5, 5.41) is 12.2. The maximum Gasteiger partial charge on any atom is 0.407 e. The molecule has 1 fully saturated rings. The predicted molar refractivity (Wildman–Crippen MR) is 68.9 cm³/mol. The van der Waals surface area contributed by atoms with Gasteiger partial charge in [-0.3, -0.25) is 0 Å². The largest absolute Gasteiger partial charge is 0.465 e. The van der Waals surface area contributed by atoms with Crippen LogP contribution < -0.4 is 5.32 Å². The molecule has 1 amide bonds. The molecule has 2 N–H and O–H groups in total. The van der Waals surface area contributed by atoms with Gasteiger partial charge in [0.1, 0.15) is 18.1 Å². The van der Waals surface area contributed by atoms with Gasteiger partial charge < -0.3 is 20.1 Å². The minimum Gasteiger partial charge on any atom is -0.465 e. The molecule has 1 unspecified atom stereocenters. The molecule has 3 rings (SSSR count). The van der Waals surface area contributed by atoms with Gasteiger partial charge in [0, 0.05) is 24.8 Å². The van der Waals surface area contributed by atoms with Crippen LogP contribution in [0.25, 0.3) is 0 Å². The van der Waals surface area contributed by atoms with Crippen LogP contribution in [-0.4, -0.2) is 40.9 Å². The highest BCUT2D eigenvalue weighted by Crippen LogP contribution is 2.41. The molecule has 3 heterocycles. The van der Waals surface area contributed by atoms with Gasteiger partial charge in [-0.2, -0.15) is 0 Å². The summed E-state index contributed by atoms with van der Waals surface area (Å²) in [6, 6.07) is 3.92. The van der Waals surface area contributed by atoms with Crippen molar-refractivity contribution in [2.75, 3.05) is 25.1 Å². The van der Waals surface area contributed by atoms with E-state index < -0.39 is 6.09 Å². The molecule has 0 aromatic carbocycles. The summed E-state index contributed by atoms with van der Waals surface area (Å²) in [5.41, 5.74) is 0.660. The number of amides is 1. The van der Waals surface area contributed by atoms with Gasteiger partial charge in [0.25, 0.3) is 0 Å². The molecular formula is C13H17N3O3. The van der Waals surface area contributed by atoms with E-state index in [0.29, 0.717) is 26.2 Å². The smallest absolute Gasteiger partial charge is 0.407 e. The SMILES string of the molecule is O=C(O)N1CCCC2(CC1)OCNc1ncccc12. The van der Waals surface area contributed by atoms with E-state index in [1.807, 2.05) is 12.1 Å². The van der Waals surface area contributed by atoms with Crippen LogP contribution in [0.1, 0.15) is 24.8 Å². The first kappa shape index (κ1) is 12.2. The van der Waals surface area contributed by atoms with Crippen LogP contribution in [0, 0.1) is 0 Å². The van der Waals surface area contributed by atoms with Crippen molar-refractivity contribution in [2.24, 2.45) is 0 Å². The van der Waals surface area contributed by atoms with Crippen LogP contribution in [0.3, 0.4) is 0 Å². The van der Waals surface area contributed by atoms with E-state index in [2.05, 4.69) is 10.3 Å². The van der Waals surface area contributed by atoms with E-state index in [9.17, 15) is 4.79 Å². The number of rotatable bonds is 0. The number of nitrogens with one attached hydrogen (secondary N) is 1. The number of likely N-dealkylation sites (tertiary alicyclic amines) is 1. The van der Waals surface area contributed by atoms with Gasteiger partial charge in [-0.25, -0.2) is 9.78 Å². The zero-order valence-electron chi connectivity index (χ0n) is 10.6. The zero-order valence-corrected chi connectivity index (χ0v) is 10.6.